The van der Waals surface area contributed by atoms with Crippen molar-refractivity contribution in [2.45, 2.75) is 71.0 Å². The SMILES string of the molecule is CC(C)C[C@H](NC(=O)[C@@H](NC(=O)OCC1c2ccccc2-c2ccccc21)C(C)C)C(=O)N[C@@H](CCC(N)=O)C(=O)O. The van der Waals surface area contributed by atoms with Crippen molar-refractivity contribution in [3.63, 3.8) is 0 Å². The van der Waals surface area contributed by atoms with Crippen molar-refractivity contribution in [1.82, 2.24) is 16.0 Å². The van der Waals surface area contributed by atoms with E-state index >= 15 is 0 Å². The van der Waals surface area contributed by atoms with E-state index in [0.29, 0.717) is 0 Å². The first-order valence-electron chi connectivity index (χ1n) is 14.1. The van der Waals surface area contributed by atoms with Gasteiger partial charge in [0.05, 0.1) is 0 Å². The fourth-order valence-corrected chi connectivity index (χ4v) is 5.08. The number of amides is 4. The molecule has 0 spiro atoms. The second-order valence-electron chi connectivity index (χ2n) is 11.3. The highest BCUT2D eigenvalue weighted by molar-refractivity contribution is 5.93. The van der Waals surface area contributed by atoms with E-state index in [4.69, 9.17) is 10.5 Å². The number of fused-ring (bicyclic) bond motifs is 3. The van der Waals surface area contributed by atoms with Crippen molar-refractivity contribution < 1.29 is 33.8 Å². The molecule has 0 unspecified atom stereocenters. The second kappa shape index (κ2) is 14.5. The lowest BCUT2D eigenvalue weighted by Gasteiger charge is -2.27. The fourth-order valence-electron chi connectivity index (χ4n) is 5.08. The standard InChI is InChI=1S/C31H40N4O7/c1-17(2)15-25(28(37)33-24(30(39)40)13-14-26(32)36)34-29(38)27(18(3)4)35-31(41)42-16-23-21-11-7-5-9-19(21)20-10-6-8-12-22(20)23/h5-12,17-18,23-25,27H,13-16H2,1-4H3,(H2,32,36)(H,33,37)(H,34,38)(H,35,41)(H,39,40)/t24-,25-,27-/m0/s1. The molecule has 0 fully saturated rings. The van der Waals surface area contributed by atoms with E-state index in [0.717, 1.165) is 22.3 Å². The molecule has 42 heavy (non-hydrogen) atoms. The summed E-state index contributed by atoms with van der Waals surface area (Å²) in [7, 11) is 0. The molecule has 6 N–H and O–H groups in total. The molecule has 0 aliphatic heterocycles. The van der Waals surface area contributed by atoms with E-state index in [-0.39, 0.29) is 43.6 Å². The molecule has 1 aliphatic rings. The van der Waals surface area contributed by atoms with Crippen molar-refractivity contribution in [3.05, 3.63) is 59.7 Å². The largest absolute Gasteiger partial charge is 0.480 e. The number of hydrogen-bond donors (Lipinski definition) is 5. The Morgan fingerprint density at radius 1 is 0.833 bits per heavy atom. The average molecular weight is 581 g/mol. The van der Waals surface area contributed by atoms with Crippen molar-refractivity contribution in [3.8, 4) is 11.1 Å². The Morgan fingerprint density at radius 3 is 1.88 bits per heavy atom. The van der Waals surface area contributed by atoms with Gasteiger partial charge in [0.1, 0.15) is 24.7 Å². The molecular weight excluding hydrogens is 540 g/mol. The predicted octanol–water partition coefficient (Wildman–Crippen LogP) is 2.92. The van der Waals surface area contributed by atoms with E-state index in [1.807, 2.05) is 62.4 Å². The Bertz CT molecular complexity index is 1260. The minimum atomic E-state index is -1.35. The first-order valence-corrected chi connectivity index (χ1v) is 14.1. The summed E-state index contributed by atoms with van der Waals surface area (Å²) >= 11 is 0. The molecule has 226 valence electrons. The molecule has 2 aromatic carbocycles. The molecule has 0 saturated heterocycles. The first-order chi connectivity index (χ1) is 19.9. The Kier molecular flexibility index (Phi) is 11.1. The third-order valence-electron chi connectivity index (χ3n) is 7.20. The molecule has 0 aromatic heterocycles. The van der Waals surface area contributed by atoms with Crippen LogP contribution in [0.25, 0.3) is 11.1 Å². The third-order valence-corrected chi connectivity index (χ3v) is 7.20. The van der Waals surface area contributed by atoms with Crippen molar-refractivity contribution in [2.75, 3.05) is 6.61 Å². The molecule has 3 rings (SSSR count). The molecular formula is C31H40N4O7. The van der Waals surface area contributed by atoms with E-state index in [1.54, 1.807) is 13.8 Å². The van der Waals surface area contributed by atoms with Crippen LogP contribution >= 0.6 is 0 Å². The second-order valence-corrected chi connectivity index (χ2v) is 11.3. The molecule has 11 nitrogen and oxygen atoms in total. The van der Waals surface area contributed by atoms with Crippen LogP contribution in [0, 0.1) is 11.8 Å². The van der Waals surface area contributed by atoms with Gasteiger partial charge < -0.3 is 31.5 Å². The van der Waals surface area contributed by atoms with Crippen LogP contribution in [0.15, 0.2) is 48.5 Å². The number of primary amides is 1. The number of carbonyl (C=O) groups excluding carboxylic acids is 4. The molecule has 4 amide bonds. The number of carboxylic acid groups (broad SMARTS) is 1. The van der Waals surface area contributed by atoms with Gasteiger partial charge in [0.15, 0.2) is 0 Å². The topological polar surface area (TPSA) is 177 Å². The number of ether oxygens (including phenoxy) is 1. The van der Waals surface area contributed by atoms with Gasteiger partial charge in [-0.2, -0.15) is 0 Å². The van der Waals surface area contributed by atoms with Gasteiger partial charge in [0.2, 0.25) is 17.7 Å². The molecule has 2 aromatic rings. The van der Waals surface area contributed by atoms with Gasteiger partial charge in [-0.3, -0.25) is 14.4 Å². The maximum atomic E-state index is 13.3. The van der Waals surface area contributed by atoms with Crippen LogP contribution in [-0.4, -0.2) is 59.6 Å². The minimum Gasteiger partial charge on any atom is -0.480 e. The van der Waals surface area contributed by atoms with Gasteiger partial charge in [0, 0.05) is 12.3 Å². The van der Waals surface area contributed by atoms with Crippen LogP contribution < -0.4 is 21.7 Å². The quantitative estimate of drug-likeness (QED) is 0.228. The zero-order valence-corrected chi connectivity index (χ0v) is 24.4. The van der Waals surface area contributed by atoms with Crippen LogP contribution in [0.4, 0.5) is 4.79 Å². The Labute approximate surface area is 245 Å². The molecule has 0 saturated carbocycles. The molecule has 0 radical (unpaired) electrons. The van der Waals surface area contributed by atoms with Crippen molar-refractivity contribution >= 4 is 29.8 Å². The van der Waals surface area contributed by atoms with Gasteiger partial charge in [-0.25, -0.2) is 9.59 Å². The van der Waals surface area contributed by atoms with Crippen molar-refractivity contribution in [2.24, 2.45) is 17.6 Å². The lowest BCUT2D eigenvalue weighted by molar-refractivity contribution is -0.142. The van der Waals surface area contributed by atoms with Gasteiger partial charge in [-0.1, -0.05) is 76.2 Å². The fraction of sp³-hybridized carbons (Fsp3) is 0.452. The number of benzene rings is 2. The number of nitrogens with one attached hydrogen (secondary N) is 3. The van der Waals surface area contributed by atoms with E-state index in [9.17, 15) is 29.1 Å². The van der Waals surface area contributed by atoms with Crippen LogP contribution in [-0.2, 0) is 23.9 Å². The summed E-state index contributed by atoms with van der Waals surface area (Å²) in [5.41, 5.74) is 9.42. The Balaban J connectivity index is 1.66. The summed E-state index contributed by atoms with van der Waals surface area (Å²) < 4.78 is 5.60. The minimum absolute atomic E-state index is 0.0254. The normalized spacial score (nSPS) is 14.3. The Morgan fingerprint density at radius 2 is 1.38 bits per heavy atom. The summed E-state index contributed by atoms with van der Waals surface area (Å²) in [6, 6.07) is 12.5. The summed E-state index contributed by atoms with van der Waals surface area (Å²) in [6.07, 6.45) is -0.961. The number of hydrogen-bond acceptors (Lipinski definition) is 6. The van der Waals surface area contributed by atoms with Gasteiger partial charge in [-0.05, 0) is 46.9 Å². The number of nitrogens with two attached hydrogens (primary N) is 1. The smallest absolute Gasteiger partial charge is 0.407 e. The van der Waals surface area contributed by atoms with Gasteiger partial charge in [-0.15, -0.1) is 0 Å². The monoisotopic (exact) mass is 580 g/mol. The number of rotatable bonds is 14. The highest BCUT2D eigenvalue weighted by Crippen LogP contribution is 2.44. The zero-order chi connectivity index (χ0) is 31.0. The summed E-state index contributed by atoms with van der Waals surface area (Å²) in [4.78, 5) is 61.9. The molecule has 0 heterocycles. The van der Waals surface area contributed by atoms with Crippen LogP contribution in [0.1, 0.15) is 64.0 Å². The first kappa shape index (κ1) is 32.1. The maximum absolute atomic E-state index is 13.3. The number of carbonyl (C=O) groups is 5. The number of carboxylic acids is 1. The van der Waals surface area contributed by atoms with Gasteiger partial charge in [0.25, 0.3) is 0 Å². The van der Waals surface area contributed by atoms with Crippen LogP contribution in [0.2, 0.25) is 0 Å². The summed E-state index contributed by atoms with van der Waals surface area (Å²) in [5, 5.41) is 17.1. The molecule has 0 bridgehead atoms. The molecule has 11 heteroatoms. The number of aliphatic carboxylic acids is 1. The highest BCUT2D eigenvalue weighted by Gasteiger charge is 2.33. The zero-order valence-electron chi connectivity index (χ0n) is 24.4. The van der Waals surface area contributed by atoms with Crippen molar-refractivity contribution in [1.29, 1.82) is 0 Å². The summed E-state index contributed by atoms with van der Waals surface area (Å²) in [6.45, 7) is 7.27. The molecule has 1 aliphatic carbocycles. The number of alkyl carbamates (subject to hydrolysis) is 1. The lowest BCUT2D eigenvalue weighted by atomic mass is 9.98. The van der Waals surface area contributed by atoms with E-state index in [2.05, 4.69) is 16.0 Å². The average Bonchev–Trinajstić information content (AvgIpc) is 3.25. The van der Waals surface area contributed by atoms with Gasteiger partial charge >= 0.3 is 12.1 Å². The van der Waals surface area contributed by atoms with E-state index < -0.39 is 47.9 Å². The predicted molar refractivity (Wildman–Crippen MR) is 156 cm³/mol. The summed E-state index contributed by atoms with van der Waals surface area (Å²) in [5.74, 6) is -3.86. The third kappa shape index (κ3) is 8.31. The highest BCUT2D eigenvalue weighted by atomic mass is 16.5. The van der Waals surface area contributed by atoms with Crippen LogP contribution in [0.5, 0.6) is 0 Å². The van der Waals surface area contributed by atoms with E-state index in [1.165, 1.54) is 0 Å². The Hall–Kier alpha value is -4.41. The van der Waals surface area contributed by atoms with Crippen LogP contribution in [0.3, 0.4) is 0 Å². The molecule has 3 atom stereocenters. The lowest BCUT2D eigenvalue weighted by Crippen LogP contribution is -2.57. The maximum Gasteiger partial charge on any atom is 0.407 e.